The summed E-state index contributed by atoms with van der Waals surface area (Å²) in [6, 6.07) is 8.05. The maximum Gasteiger partial charge on any atom is 0.244 e. The molecule has 152 valence electrons. The molecule has 3 N–H and O–H groups in total. The second kappa shape index (κ2) is 8.08. The van der Waals surface area contributed by atoms with Gasteiger partial charge in [0.2, 0.25) is 11.8 Å². The molecule has 1 saturated carbocycles. The first-order valence-corrected chi connectivity index (χ1v) is 10.2. The zero-order valence-corrected chi connectivity index (χ0v) is 16.8. The van der Waals surface area contributed by atoms with Crippen molar-refractivity contribution in [2.75, 3.05) is 7.11 Å². The zero-order chi connectivity index (χ0) is 20.4. The number of nitrogens with zero attached hydrogens (tertiary/aromatic N) is 2. The van der Waals surface area contributed by atoms with Gasteiger partial charge < -0.3 is 19.9 Å². The van der Waals surface area contributed by atoms with E-state index in [-0.39, 0.29) is 17.9 Å². The van der Waals surface area contributed by atoms with Crippen LogP contribution in [-0.2, 0) is 6.42 Å². The molecule has 0 amide bonds. The molecule has 1 aliphatic carbocycles. The number of rotatable bonds is 6. The zero-order valence-electron chi connectivity index (χ0n) is 16.8. The number of nitrogens with one attached hydrogen (secondary N) is 1. The summed E-state index contributed by atoms with van der Waals surface area (Å²) in [7, 11) is 1.63. The molecule has 7 heteroatoms. The van der Waals surface area contributed by atoms with Gasteiger partial charge >= 0.3 is 0 Å². The molecule has 7 nitrogen and oxygen atoms in total. The normalized spacial score (nSPS) is 18.9. The van der Waals surface area contributed by atoms with Crippen LogP contribution in [0.3, 0.4) is 0 Å². The lowest BCUT2D eigenvalue weighted by Gasteiger charge is -2.25. The Hall–Kier alpha value is -3.14. The Balaban J connectivity index is 1.76. The third-order valence-electron chi connectivity index (χ3n) is 5.63. The fourth-order valence-electron chi connectivity index (χ4n) is 4.23. The van der Waals surface area contributed by atoms with Crippen molar-refractivity contribution in [1.82, 2.24) is 10.2 Å². The molecule has 0 saturated heterocycles. The van der Waals surface area contributed by atoms with Gasteiger partial charge in [0, 0.05) is 11.3 Å². The third-order valence-corrected chi connectivity index (χ3v) is 5.63. The maximum atomic E-state index is 9.79. The number of allylic oxidation sites excluding steroid dienone is 1. The van der Waals surface area contributed by atoms with Gasteiger partial charge in [0.25, 0.3) is 0 Å². The number of aromatic amines is 1. The highest BCUT2D eigenvalue weighted by Crippen LogP contribution is 2.45. The van der Waals surface area contributed by atoms with Crippen LogP contribution in [0.25, 0.3) is 0 Å². The summed E-state index contributed by atoms with van der Waals surface area (Å²) in [5.74, 6) is 1.54. The molecular formula is C22H26N4O3. The Morgan fingerprint density at radius 1 is 1.31 bits per heavy atom. The topological polar surface area (TPSA) is 106 Å². The lowest BCUT2D eigenvalue weighted by Crippen LogP contribution is -2.21. The van der Waals surface area contributed by atoms with Gasteiger partial charge in [0.05, 0.1) is 19.1 Å². The smallest absolute Gasteiger partial charge is 0.244 e. The molecular weight excluding hydrogens is 368 g/mol. The van der Waals surface area contributed by atoms with Crippen LogP contribution in [0.2, 0.25) is 0 Å². The minimum Gasteiger partial charge on any atom is -0.493 e. The van der Waals surface area contributed by atoms with Gasteiger partial charge in [-0.25, -0.2) is 0 Å². The number of ether oxygens (including phenoxy) is 3. The first-order valence-electron chi connectivity index (χ1n) is 10.2. The van der Waals surface area contributed by atoms with Crippen LogP contribution in [0.4, 0.5) is 0 Å². The van der Waals surface area contributed by atoms with Crippen molar-refractivity contribution in [3.8, 4) is 23.4 Å². The number of aryl methyl sites for hydroxylation is 1. The molecule has 0 radical (unpaired) electrons. The average Bonchev–Trinajstić information content (AvgIpc) is 3.38. The highest BCUT2D eigenvalue weighted by molar-refractivity contribution is 5.57. The van der Waals surface area contributed by atoms with Crippen molar-refractivity contribution in [3.05, 3.63) is 46.5 Å². The molecule has 0 spiro atoms. The van der Waals surface area contributed by atoms with Gasteiger partial charge in [-0.05, 0) is 49.8 Å². The average molecular weight is 394 g/mol. The van der Waals surface area contributed by atoms with Crippen LogP contribution in [0.1, 0.15) is 61.8 Å². The van der Waals surface area contributed by atoms with Crippen molar-refractivity contribution < 1.29 is 14.2 Å². The van der Waals surface area contributed by atoms with Crippen LogP contribution >= 0.6 is 0 Å². The number of fused-ring (bicyclic) bond motifs is 1. The van der Waals surface area contributed by atoms with E-state index in [2.05, 4.69) is 23.2 Å². The molecule has 1 aromatic heterocycles. The minimum atomic E-state index is -0.363. The summed E-state index contributed by atoms with van der Waals surface area (Å²) < 4.78 is 17.4. The fourth-order valence-corrected chi connectivity index (χ4v) is 4.23. The Kier molecular flexibility index (Phi) is 5.34. The van der Waals surface area contributed by atoms with Gasteiger partial charge in [-0.3, -0.25) is 5.10 Å². The predicted octanol–water partition coefficient (Wildman–Crippen LogP) is 3.91. The number of nitriles is 1. The number of benzene rings is 1. The van der Waals surface area contributed by atoms with E-state index in [9.17, 15) is 5.26 Å². The summed E-state index contributed by atoms with van der Waals surface area (Å²) in [6.45, 7) is 2.10. The molecule has 1 fully saturated rings. The summed E-state index contributed by atoms with van der Waals surface area (Å²) >= 11 is 0. The van der Waals surface area contributed by atoms with E-state index in [1.165, 1.54) is 12.8 Å². The SMILES string of the molecule is CCCc1[nH]nc2c1[C@H](c1ccc(OC3CCCC3)c(OC)c1)C(C#N)=C(N)O2. The molecule has 4 rings (SSSR count). The van der Waals surface area contributed by atoms with Crippen LogP contribution < -0.4 is 19.9 Å². The molecule has 2 heterocycles. The predicted molar refractivity (Wildman–Crippen MR) is 108 cm³/mol. The molecule has 0 unspecified atom stereocenters. The fraction of sp³-hybridized carbons (Fsp3) is 0.455. The third kappa shape index (κ3) is 3.51. The molecule has 0 bridgehead atoms. The Morgan fingerprint density at radius 2 is 2.10 bits per heavy atom. The van der Waals surface area contributed by atoms with Gasteiger partial charge in [-0.15, -0.1) is 5.10 Å². The molecule has 1 aromatic carbocycles. The number of aromatic nitrogens is 2. The van der Waals surface area contributed by atoms with E-state index in [1.807, 2.05) is 18.2 Å². The Bertz CT molecular complexity index is 967. The minimum absolute atomic E-state index is 0.0878. The second-order valence-electron chi connectivity index (χ2n) is 7.53. The highest BCUT2D eigenvalue weighted by Gasteiger charge is 2.35. The lowest BCUT2D eigenvalue weighted by molar-refractivity contribution is 0.200. The maximum absolute atomic E-state index is 9.79. The molecule has 2 aromatic rings. The van der Waals surface area contributed by atoms with Crippen molar-refractivity contribution in [3.63, 3.8) is 0 Å². The van der Waals surface area contributed by atoms with Crippen molar-refractivity contribution in [2.45, 2.75) is 57.5 Å². The summed E-state index contributed by atoms with van der Waals surface area (Å²) in [5, 5.41) is 17.1. The standard InChI is InChI=1S/C22H26N4O3/c1-3-6-16-20-19(15(12-23)21(24)29-22(20)26-25-16)13-9-10-17(18(11-13)27-2)28-14-7-4-5-8-14/h9-11,14,19H,3-8,24H2,1-2H3,(H,25,26)/t19-/m1/s1. The summed E-state index contributed by atoms with van der Waals surface area (Å²) in [6.07, 6.45) is 6.53. The van der Waals surface area contributed by atoms with Gasteiger partial charge in [0.1, 0.15) is 11.6 Å². The number of hydrogen-bond donors (Lipinski definition) is 2. The van der Waals surface area contributed by atoms with E-state index in [0.717, 1.165) is 48.3 Å². The van der Waals surface area contributed by atoms with Crippen LogP contribution in [0.5, 0.6) is 17.4 Å². The van der Waals surface area contributed by atoms with Crippen molar-refractivity contribution in [2.24, 2.45) is 5.73 Å². The van der Waals surface area contributed by atoms with E-state index in [0.29, 0.717) is 17.2 Å². The highest BCUT2D eigenvalue weighted by atomic mass is 16.5. The second-order valence-corrected chi connectivity index (χ2v) is 7.53. The monoisotopic (exact) mass is 394 g/mol. The van der Waals surface area contributed by atoms with E-state index >= 15 is 0 Å². The number of H-pyrrole nitrogens is 1. The van der Waals surface area contributed by atoms with Gasteiger partial charge in [-0.2, -0.15) is 5.26 Å². The number of methoxy groups -OCH3 is 1. The van der Waals surface area contributed by atoms with Gasteiger partial charge in [-0.1, -0.05) is 19.4 Å². The lowest BCUT2D eigenvalue weighted by atomic mass is 9.83. The van der Waals surface area contributed by atoms with E-state index < -0.39 is 0 Å². The van der Waals surface area contributed by atoms with Crippen molar-refractivity contribution >= 4 is 0 Å². The van der Waals surface area contributed by atoms with Crippen LogP contribution in [-0.4, -0.2) is 23.4 Å². The quantitative estimate of drug-likeness (QED) is 0.769. The molecule has 2 aliphatic rings. The Labute approximate surface area is 170 Å². The first-order chi connectivity index (χ1) is 14.2. The summed E-state index contributed by atoms with van der Waals surface area (Å²) in [4.78, 5) is 0. The van der Waals surface area contributed by atoms with E-state index in [4.69, 9.17) is 19.9 Å². The number of hydrogen-bond acceptors (Lipinski definition) is 6. The largest absolute Gasteiger partial charge is 0.493 e. The van der Waals surface area contributed by atoms with E-state index in [1.54, 1.807) is 7.11 Å². The number of nitrogens with two attached hydrogens (primary N) is 1. The van der Waals surface area contributed by atoms with Crippen LogP contribution in [0, 0.1) is 11.3 Å². The van der Waals surface area contributed by atoms with Gasteiger partial charge in [0.15, 0.2) is 11.5 Å². The molecule has 29 heavy (non-hydrogen) atoms. The summed E-state index contributed by atoms with van der Waals surface area (Å²) in [5.41, 5.74) is 9.14. The Morgan fingerprint density at radius 3 is 2.79 bits per heavy atom. The van der Waals surface area contributed by atoms with Crippen LogP contribution in [0.15, 0.2) is 29.7 Å². The first kappa shape index (κ1) is 19.2. The molecule has 1 atom stereocenters. The molecule has 1 aliphatic heterocycles. The van der Waals surface area contributed by atoms with Crippen molar-refractivity contribution in [1.29, 1.82) is 5.26 Å².